The summed E-state index contributed by atoms with van der Waals surface area (Å²) in [6, 6.07) is 14.2. The van der Waals surface area contributed by atoms with Crippen LogP contribution >= 0.6 is 11.6 Å². The van der Waals surface area contributed by atoms with Crippen molar-refractivity contribution < 1.29 is 14.7 Å². The molecule has 0 aliphatic carbocycles. The molecular formula is C19H20ClNO3. The summed E-state index contributed by atoms with van der Waals surface area (Å²) in [5.74, 6) is -0.970. The maximum atomic E-state index is 12.5. The Morgan fingerprint density at radius 1 is 1.12 bits per heavy atom. The summed E-state index contributed by atoms with van der Waals surface area (Å²) in [6.07, 6.45) is 0.687. The average molecular weight is 346 g/mol. The van der Waals surface area contributed by atoms with E-state index in [1.165, 1.54) is 0 Å². The number of halogens is 1. The number of rotatable bonds is 7. The van der Waals surface area contributed by atoms with Crippen LogP contribution < -0.4 is 0 Å². The van der Waals surface area contributed by atoms with Crippen LogP contribution in [-0.4, -0.2) is 28.4 Å². The van der Waals surface area contributed by atoms with E-state index in [-0.39, 0.29) is 17.9 Å². The summed E-state index contributed by atoms with van der Waals surface area (Å²) in [5, 5.41) is 9.84. The van der Waals surface area contributed by atoms with E-state index in [9.17, 15) is 14.7 Å². The number of hydrogen-bond acceptors (Lipinski definition) is 2. The summed E-state index contributed by atoms with van der Waals surface area (Å²) in [4.78, 5) is 25.4. The van der Waals surface area contributed by atoms with E-state index < -0.39 is 5.97 Å². The van der Waals surface area contributed by atoms with Crippen molar-refractivity contribution in [2.75, 3.05) is 6.54 Å². The van der Waals surface area contributed by atoms with Gasteiger partial charge in [-0.05, 0) is 42.7 Å². The van der Waals surface area contributed by atoms with Gasteiger partial charge in [-0.2, -0.15) is 0 Å². The minimum absolute atomic E-state index is 0.00216. The highest BCUT2D eigenvalue weighted by atomic mass is 35.5. The zero-order valence-corrected chi connectivity index (χ0v) is 14.3. The summed E-state index contributed by atoms with van der Waals surface area (Å²) >= 11 is 5.98. The van der Waals surface area contributed by atoms with Crippen LogP contribution in [0.15, 0.2) is 48.5 Å². The normalized spacial score (nSPS) is 10.4. The van der Waals surface area contributed by atoms with E-state index in [1.807, 2.05) is 25.1 Å². The van der Waals surface area contributed by atoms with E-state index in [0.29, 0.717) is 30.1 Å². The largest absolute Gasteiger partial charge is 0.478 e. The molecule has 0 radical (unpaired) electrons. The van der Waals surface area contributed by atoms with Crippen molar-refractivity contribution >= 4 is 23.5 Å². The molecule has 126 valence electrons. The van der Waals surface area contributed by atoms with Crippen molar-refractivity contribution in [3.05, 3.63) is 70.2 Å². The van der Waals surface area contributed by atoms with Gasteiger partial charge in [0.05, 0.1) is 5.56 Å². The molecule has 0 spiro atoms. The van der Waals surface area contributed by atoms with Gasteiger partial charge < -0.3 is 10.0 Å². The van der Waals surface area contributed by atoms with Crippen molar-refractivity contribution in [3.63, 3.8) is 0 Å². The van der Waals surface area contributed by atoms with Crippen molar-refractivity contribution in [1.82, 2.24) is 4.90 Å². The van der Waals surface area contributed by atoms with Gasteiger partial charge in [0.15, 0.2) is 0 Å². The standard InChI is InChI=1S/C19H20ClNO3/c1-2-21(13-14-6-5-8-16(20)12-14)18(22)11-10-15-7-3-4-9-17(15)19(23)24/h3-9,12H,2,10-11,13H2,1H3,(H,23,24). The third-order valence-electron chi connectivity index (χ3n) is 3.85. The Bertz CT molecular complexity index is 730. The van der Waals surface area contributed by atoms with E-state index in [4.69, 9.17) is 11.6 Å². The Morgan fingerprint density at radius 3 is 2.54 bits per heavy atom. The molecule has 0 saturated heterocycles. The summed E-state index contributed by atoms with van der Waals surface area (Å²) < 4.78 is 0. The Hall–Kier alpha value is -2.33. The van der Waals surface area contributed by atoms with Gasteiger partial charge in [0, 0.05) is 24.5 Å². The van der Waals surface area contributed by atoms with Crippen LogP contribution in [0.5, 0.6) is 0 Å². The highest BCUT2D eigenvalue weighted by Gasteiger charge is 2.15. The Balaban J connectivity index is 2.01. The van der Waals surface area contributed by atoms with Crippen LogP contribution in [0.2, 0.25) is 5.02 Å². The zero-order valence-electron chi connectivity index (χ0n) is 13.5. The first-order valence-corrected chi connectivity index (χ1v) is 8.22. The summed E-state index contributed by atoms with van der Waals surface area (Å²) in [7, 11) is 0. The Morgan fingerprint density at radius 2 is 1.88 bits per heavy atom. The van der Waals surface area contributed by atoms with Gasteiger partial charge in [-0.15, -0.1) is 0 Å². The van der Waals surface area contributed by atoms with Gasteiger partial charge in [0.2, 0.25) is 5.91 Å². The van der Waals surface area contributed by atoms with Crippen LogP contribution in [-0.2, 0) is 17.8 Å². The molecule has 0 heterocycles. The maximum Gasteiger partial charge on any atom is 0.335 e. The Kier molecular flexibility index (Phi) is 6.38. The second-order valence-corrected chi connectivity index (χ2v) is 5.94. The van der Waals surface area contributed by atoms with Gasteiger partial charge >= 0.3 is 5.97 Å². The first-order chi connectivity index (χ1) is 11.5. The molecule has 2 rings (SSSR count). The molecule has 0 aromatic heterocycles. The van der Waals surface area contributed by atoms with Gasteiger partial charge in [-0.25, -0.2) is 4.79 Å². The van der Waals surface area contributed by atoms with E-state index >= 15 is 0 Å². The lowest BCUT2D eigenvalue weighted by Crippen LogP contribution is -2.30. The molecule has 1 N–H and O–H groups in total. The first kappa shape index (κ1) is 18.0. The predicted molar refractivity (Wildman–Crippen MR) is 94.3 cm³/mol. The number of nitrogens with zero attached hydrogens (tertiary/aromatic N) is 1. The molecule has 0 aliphatic heterocycles. The predicted octanol–water partition coefficient (Wildman–Crippen LogP) is 4.02. The second kappa shape index (κ2) is 8.50. The van der Waals surface area contributed by atoms with Crippen molar-refractivity contribution in [1.29, 1.82) is 0 Å². The molecule has 2 aromatic rings. The third-order valence-corrected chi connectivity index (χ3v) is 4.09. The third kappa shape index (κ3) is 4.83. The molecule has 5 heteroatoms. The molecule has 1 amide bonds. The molecule has 0 fully saturated rings. The van der Waals surface area contributed by atoms with Gasteiger partial charge in [-0.1, -0.05) is 41.9 Å². The molecule has 0 bridgehead atoms. The second-order valence-electron chi connectivity index (χ2n) is 5.50. The molecular weight excluding hydrogens is 326 g/mol. The van der Waals surface area contributed by atoms with E-state index in [0.717, 1.165) is 5.56 Å². The van der Waals surface area contributed by atoms with Crippen molar-refractivity contribution in [2.24, 2.45) is 0 Å². The highest BCUT2D eigenvalue weighted by molar-refractivity contribution is 6.30. The summed E-state index contributed by atoms with van der Waals surface area (Å²) in [6.45, 7) is 3.01. The van der Waals surface area contributed by atoms with Crippen LogP contribution in [0.3, 0.4) is 0 Å². The fraction of sp³-hybridized carbons (Fsp3) is 0.263. The van der Waals surface area contributed by atoms with Crippen LogP contribution in [0.1, 0.15) is 34.8 Å². The number of benzene rings is 2. The first-order valence-electron chi connectivity index (χ1n) is 7.84. The number of amides is 1. The molecule has 2 aromatic carbocycles. The smallest absolute Gasteiger partial charge is 0.335 e. The fourth-order valence-electron chi connectivity index (χ4n) is 2.58. The number of carbonyl (C=O) groups is 2. The SMILES string of the molecule is CCN(Cc1cccc(Cl)c1)C(=O)CCc1ccccc1C(=O)O. The lowest BCUT2D eigenvalue weighted by Gasteiger charge is -2.21. The number of carboxylic acids is 1. The van der Waals surface area contributed by atoms with Gasteiger partial charge in [-0.3, -0.25) is 4.79 Å². The molecule has 24 heavy (non-hydrogen) atoms. The van der Waals surface area contributed by atoms with Crippen molar-refractivity contribution in [2.45, 2.75) is 26.3 Å². The quantitative estimate of drug-likeness (QED) is 0.824. The lowest BCUT2D eigenvalue weighted by atomic mass is 10.0. The van der Waals surface area contributed by atoms with E-state index in [1.54, 1.807) is 35.2 Å². The fourth-order valence-corrected chi connectivity index (χ4v) is 2.79. The summed E-state index contributed by atoms with van der Waals surface area (Å²) in [5.41, 5.74) is 1.91. The number of hydrogen-bond donors (Lipinski definition) is 1. The number of carboxylic acid groups (broad SMARTS) is 1. The number of aryl methyl sites for hydroxylation is 1. The number of carbonyl (C=O) groups excluding carboxylic acids is 1. The molecule has 0 aliphatic rings. The van der Waals surface area contributed by atoms with Crippen LogP contribution in [0.4, 0.5) is 0 Å². The topological polar surface area (TPSA) is 57.6 Å². The molecule has 4 nitrogen and oxygen atoms in total. The van der Waals surface area contributed by atoms with E-state index in [2.05, 4.69) is 0 Å². The molecule has 0 saturated carbocycles. The zero-order chi connectivity index (χ0) is 17.5. The molecule has 0 unspecified atom stereocenters. The van der Waals surface area contributed by atoms with Crippen molar-refractivity contribution in [3.8, 4) is 0 Å². The highest BCUT2D eigenvalue weighted by Crippen LogP contribution is 2.15. The lowest BCUT2D eigenvalue weighted by molar-refractivity contribution is -0.131. The maximum absolute atomic E-state index is 12.5. The Labute approximate surface area is 146 Å². The number of aromatic carboxylic acids is 1. The minimum atomic E-state index is -0.968. The molecule has 0 atom stereocenters. The average Bonchev–Trinajstić information content (AvgIpc) is 2.57. The minimum Gasteiger partial charge on any atom is -0.478 e. The monoisotopic (exact) mass is 345 g/mol. The van der Waals surface area contributed by atoms with Gasteiger partial charge in [0.1, 0.15) is 0 Å². The van der Waals surface area contributed by atoms with Crippen LogP contribution in [0, 0.1) is 0 Å². The van der Waals surface area contributed by atoms with Crippen LogP contribution in [0.25, 0.3) is 0 Å². The van der Waals surface area contributed by atoms with Gasteiger partial charge in [0.25, 0.3) is 0 Å².